The first kappa shape index (κ1) is 20.8. The molecule has 1 saturated heterocycles. The molecule has 2 N–H and O–H groups in total. The van der Waals surface area contributed by atoms with Crippen LogP contribution in [0.4, 0.5) is 4.39 Å². The van der Waals surface area contributed by atoms with Crippen LogP contribution in [-0.4, -0.2) is 59.5 Å². The highest BCUT2D eigenvalue weighted by atomic mass is 19.1. The van der Waals surface area contributed by atoms with Crippen molar-refractivity contribution in [1.82, 2.24) is 0 Å². The van der Waals surface area contributed by atoms with E-state index in [1.807, 2.05) is 0 Å². The first-order valence-corrected chi connectivity index (χ1v) is 7.79. The van der Waals surface area contributed by atoms with Gasteiger partial charge in [0.25, 0.3) is 0 Å². The van der Waals surface area contributed by atoms with Crippen LogP contribution in [-0.2, 0) is 23.8 Å². The second kappa shape index (κ2) is 7.33. The Labute approximate surface area is 141 Å². The van der Waals surface area contributed by atoms with E-state index in [0.29, 0.717) is 0 Å². The van der Waals surface area contributed by atoms with E-state index in [9.17, 15) is 24.2 Å². The summed E-state index contributed by atoms with van der Waals surface area (Å²) in [4.78, 5) is 23.7. The lowest BCUT2D eigenvalue weighted by atomic mass is 9.95. The van der Waals surface area contributed by atoms with Crippen LogP contribution >= 0.6 is 0 Å². The normalized spacial score (nSPS) is 31.5. The van der Waals surface area contributed by atoms with Gasteiger partial charge in [0.15, 0.2) is 18.6 Å². The Balaban J connectivity index is 2.79. The zero-order valence-electron chi connectivity index (χ0n) is 14.9. The lowest BCUT2D eigenvalue weighted by Crippen LogP contribution is -2.59. The molecule has 0 amide bonds. The maximum Gasteiger partial charge on any atom is 0.311 e. The molecule has 0 bridgehead atoms. The van der Waals surface area contributed by atoms with Gasteiger partial charge in [-0.3, -0.25) is 9.59 Å². The molecule has 1 fully saturated rings. The summed E-state index contributed by atoms with van der Waals surface area (Å²) in [5, 5.41) is 19.6. The van der Waals surface area contributed by atoms with Crippen molar-refractivity contribution in [3.05, 3.63) is 0 Å². The van der Waals surface area contributed by atoms with E-state index in [1.54, 1.807) is 41.5 Å². The Hall–Kier alpha value is -1.25. The van der Waals surface area contributed by atoms with Gasteiger partial charge < -0.3 is 24.4 Å². The Morgan fingerprint density at radius 3 is 2.00 bits per heavy atom. The Bertz CT molecular complexity index is 466. The van der Waals surface area contributed by atoms with E-state index in [2.05, 4.69) is 0 Å². The molecule has 0 spiro atoms. The second-order valence-electron chi connectivity index (χ2n) is 7.97. The van der Waals surface area contributed by atoms with Crippen molar-refractivity contribution in [3.63, 3.8) is 0 Å². The van der Waals surface area contributed by atoms with Crippen molar-refractivity contribution in [3.8, 4) is 0 Å². The number of rotatable bonds is 3. The van der Waals surface area contributed by atoms with Crippen LogP contribution in [0.1, 0.15) is 41.5 Å². The number of carbonyl (C=O) groups excluding carboxylic acids is 2. The molecule has 24 heavy (non-hydrogen) atoms. The third-order valence-corrected chi connectivity index (χ3v) is 3.46. The number of aliphatic hydroxyl groups excluding tert-OH is 2. The average molecular weight is 350 g/mol. The quantitative estimate of drug-likeness (QED) is 0.731. The number of aliphatic hydroxyl groups is 2. The molecular formula is C16H27FO7. The summed E-state index contributed by atoms with van der Waals surface area (Å²) in [7, 11) is 0. The summed E-state index contributed by atoms with van der Waals surface area (Å²) < 4.78 is 29.5. The van der Waals surface area contributed by atoms with Crippen molar-refractivity contribution in [1.29, 1.82) is 0 Å². The second-order valence-corrected chi connectivity index (χ2v) is 7.97. The minimum absolute atomic E-state index is 0.468. The Morgan fingerprint density at radius 1 is 1.04 bits per heavy atom. The number of halogens is 1. The summed E-state index contributed by atoms with van der Waals surface area (Å²) in [6.07, 6.45) is -8.41. The molecule has 0 saturated carbocycles. The molecule has 0 radical (unpaired) electrons. The van der Waals surface area contributed by atoms with E-state index in [1.165, 1.54) is 0 Å². The summed E-state index contributed by atoms with van der Waals surface area (Å²) in [5.74, 6) is -1.30. The van der Waals surface area contributed by atoms with Gasteiger partial charge in [-0.2, -0.15) is 0 Å². The van der Waals surface area contributed by atoms with Crippen molar-refractivity contribution in [2.24, 2.45) is 10.8 Å². The molecule has 0 aliphatic carbocycles. The van der Waals surface area contributed by atoms with Gasteiger partial charge in [-0.1, -0.05) is 0 Å². The monoisotopic (exact) mass is 350 g/mol. The SMILES string of the molecule is CC(C)(C)C(=O)OCC1OC(O)C(O)C(OC(=O)C(C)(C)C)C1F. The minimum atomic E-state index is -1.96. The van der Waals surface area contributed by atoms with E-state index in [4.69, 9.17) is 14.2 Å². The standard InChI is InChI=1S/C16H27FO7/c1-15(2,3)13(20)22-7-8-9(17)11(10(18)12(19)23-8)24-14(21)16(4,5)6/h8-12,18-19H,7H2,1-6H3. The van der Waals surface area contributed by atoms with Crippen LogP contribution in [0, 0.1) is 10.8 Å². The van der Waals surface area contributed by atoms with Gasteiger partial charge in [-0.05, 0) is 41.5 Å². The highest BCUT2D eigenvalue weighted by Crippen LogP contribution is 2.28. The topological polar surface area (TPSA) is 102 Å². The van der Waals surface area contributed by atoms with Gasteiger partial charge in [0.2, 0.25) is 0 Å². The zero-order valence-corrected chi connectivity index (χ0v) is 14.9. The van der Waals surface area contributed by atoms with Crippen LogP contribution in [0.2, 0.25) is 0 Å². The molecule has 7 nitrogen and oxygen atoms in total. The Kier molecular flexibility index (Phi) is 6.35. The van der Waals surface area contributed by atoms with Gasteiger partial charge in [-0.25, -0.2) is 4.39 Å². The molecule has 8 heteroatoms. The maximum absolute atomic E-state index is 14.6. The van der Waals surface area contributed by atoms with Crippen LogP contribution in [0.15, 0.2) is 0 Å². The van der Waals surface area contributed by atoms with Crippen LogP contribution in [0.3, 0.4) is 0 Å². The molecule has 0 aromatic heterocycles. The number of carbonyl (C=O) groups is 2. The molecule has 1 aliphatic rings. The molecule has 5 atom stereocenters. The molecule has 1 aliphatic heterocycles. The molecule has 1 rings (SSSR count). The highest BCUT2D eigenvalue weighted by molar-refractivity contribution is 5.76. The fourth-order valence-electron chi connectivity index (χ4n) is 1.84. The van der Waals surface area contributed by atoms with E-state index < -0.39 is 60.1 Å². The molecule has 140 valence electrons. The molecular weight excluding hydrogens is 323 g/mol. The van der Waals surface area contributed by atoms with Gasteiger partial charge in [0, 0.05) is 0 Å². The van der Waals surface area contributed by atoms with Gasteiger partial charge in [-0.15, -0.1) is 0 Å². The largest absolute Gasteiger partial charge is 0.462 e. The Morgan fingerprint density at radius 2 is 1.54 bits per heavy atom. The molecule has 5 unspecified atom stereocenters. The summed E-state index contributed by atoms with van der Waals surface area (Å²) >= 11 is 0. The third-order valence-electron chi connectivity index (χ3n) is 3.46. The zero-order chi connectivity index (χ0) is 18.9. The average Bonchev–Trinajstić information content (AvgIpc) is 2.43. The lowest BCUT2D eigenvalue weighted by Gasteiger charge is -2.39. The van der Waals surface area contributed by atoms with Crippen molar-refractivity contribution >= 4 is 11.9 Å². The predicted octanol–water partition coefficient (Wildman–Crippen LogP) is 0.950. The van der Waals surface area contributed by atoms with Gasteiger partial charge in [0.05, 0.1) is 10.8 Å². The predicted molar refractivity (Wildman–Crippen MR) is 81.5 cm³/mol. The van der Waals surface area contributed by atoms with Crippen LogP contribution in [0.5, 0.6) is 0 Å². The molecule has 0 aromatic rings. The van der Waals surface area contributed by atoms with Crippen LogP contribution < -0.4 is 0 Å². The van der Waals surface area contributed by atoms with Gasteiger partial charge >= 0.3 is 11.9 Å². The number of alkyl halides is 1. The van der Waals surface area contributed by atoms with E-state index >= 15 is 0 Å². The van der Waals surface area contributed by atoms with Crippen LogP contribution in [0.25, 0.3) is 0 Å². The lowest BCUT2D eigenvalue weighted by molar-refractivity contribution is -0.281. The highest BCUT2D eigenvalue weighted by Gasteiger charge is 2.49. The summed E-state index contributed by atoms with van der Waals surface area (Å²) in [6, 6.07) is 0. The fourth-order valence-corrected chi connectivity index (χ4v) is 1.84. The number of hydrogen-bond donors (Lipinski definition) is 2. The number of esters is 2. The summed E-state index contributed by atoms with van der Waals surface area (Å²) in [6.45, 7) is 9.17. The molecule has 1 heterocycles. The third kappa shape index (κ3) is 5.12. The van der Waals surface area contributed by atoms with Crippen molar-refractivity contribution in [2.75, 3.05) is 6.61 Å². The number of hydrogen-bond acceptors (Lipinski definition) is 7. The minimum Gasteiger partial charge on any atom is -0.462 e. The van der Waals surface area contributed by atoms with Gasteiger partial charge in [0.1, 0.15) is 18.8 Å². The smallest absolute Gasteiger partial charge is 0.311 e. The molecule has 0 aromatic carbocycles. The van der Waals surface area contributed by atoms with E-state index in [-0.39, 0.29) is 0 Å². The van der Waals surface area contributed by atoms with E-state index in [0.717, 1.165) is 0 Å². The fraction of sp³-hybridized carbons (Fsp3) is 0.875. The maximum atomic E-state index is 14.6. The number of ether oxygens (including phenoxy) is 3. The van der Waals surface area contributed by atoms with Crippen molar-refractivity contribution in [2.45, 2.75) is 72.3 Å². The van der Waals surface area contributed by atoms with Crippen molar-refractivity contribution < 1.29 is 38.4 Å². The summed E-state index contributed by atoms with van der Waals surface area (Å²) in [5.41, 5.74) is -1.69. The first-order valence-electron chi connectivity index (χ1n) is 7.79. The first-order chi connectivity index (χ1) is 10.7.